The van der Waals surface area contributed by atoms with Crippen molar-refractivity contribution in [1.29, 1.82) is 0 Å². The third kappa shape index (κ3) is 4.79. The normalized spacial score (nSPS) is 27.1. The smallest absolute Gasteiger partial charge is 0.224 e. The lowest BCUT2D eigenvalue weighted by atomic mass is 9.76. The van der Waals surface area contributed by atoms with E-state index in [0.717, 1.165) is 29.3 Å². The van der Waals surface area contributed by atoms with Crippen LogP contribution in [0.15, 0.2) is 53.0 Å². The Labute approximate surface area is 179 Å². The lowest BCUT2D eigenvalue weighted by Crippen LogP contribution is -2.51. The molecule has 1 N–H and O–H groups in total. The molecule has 5 heteroatoms. The fourth-order valence-electron chi connectivity index (χ4n) is 4.56. The number of benzene rings is 2. The monoisotopic (exact) mass is 461 g/mol. The minimum Gasteiger partial charge on any atom is -0.370 e. The van der Waals surface area contributed by atoms with E-state index in [1.54, 1.807) is 0 Å². The molecule has 3 nitrogen and oxygen atoms in total. The van der Waals surface area contributed by atoms with E-state index in [-0.39, 0.29) is 24.2 Å². The summed E-state index contributed by atoms with van der Waals surface area (Å²) in [5, 5.41) is 4.02. The van der Waals surface area contributed by atoms with Gasteiger partial charge >= 0.3 is 0 Å². The summed E-state index contributed by atoms with van der Waals surface area (Å²) < 4.78 is 7.55. The summed E-state index contributed by atoms with van der Waals surface area (Å²) in [6.45, 7) is 0. The van der Waals surface area contributed by atoms with Crippen molar-refractivity contribution in [2.45, 2.75) is 56.8 Å². The molecule has 0 radical (unpaired) electrons. The topological polar surface area (TPSA) is 38.3 Å². The van der Waals surface area contributed by atoms with E-state index in [1.807, 2.05) is 36.4 Å². The minimum atomic E-state index is 0.0256. The molecule has 1 saturated carbocycles. The number of fused-ring (bicyclic) bond motifs is 1. The quantitative estimate of drug-likeness (QED) is 0.619. The highest BCUT2D eigenvalue weighted by Gasteiger charge is 2.40. The molecular formula is C23H25BrClNO2. The summed E-state index contributed by atoms with van der Waals surface area (Å²) in [4.78, 5) is 12.7. The van der Waals surface area contributed by atoms with Crippen molar-refractivity contribution in [2.75, 3.05) is 0 Å². The van der Waals surface area contributed by atoms with Crippen LogP contribution in [0.3, 0.4) is 0 Å². The van der Waals surface area contributed by atoms with E-state index in [0.29, 0.717) is 17.4 Å². The molecule has 2 aromatic carbocycles. The van der Waals surface area contributed by atoms with Crippen molar-refractivity contribution in [3.63, 3.8) is 0 Å². The molecule has 28 heavy (non-hydrogen) atoms. The van der Waals surface area contributed by atoms with Crippen LogP contribution >= 0.6 is 27.5 Å². The van der Waals surface area contributed by atoms with Crippen LogP contribution in [0.25, 0.3) is 0 Å². The Hall–Kier alpha value is -1.36. The SMILES string of the molecule is O=C(Cc1ccc(Cl)cc1)N[C@H]1C[C@@H](c2cccc(Br)c2)O[C@H]2CCCC[C@H]12. The highest BCUT2D eigenvalue weighted by atomic mass is 79.9. The van der Waals surface area contributed by atoms with Crippen molar-refractivity contribution in [3.05, 3.63) is 69.2 Å². The van der Waals surface area contributed by atoms with Crippen LogP contribution in [0.4, 0.5) is 0 Å². The van der Waals surface area contributed by atoms with Gasteiger partial charge in [0.2, 0.25) is 5.91 Å². The van der Waals surface area contributed by atoms with Gasteiger partial charge in [-0.3, -0.25) is 4.79 Å². The first kappa shape index (κ1) is 19.9. The van der Waals surface area contributed by atoms with Crippen LogP contribution in [-0.4, -0.2) is 18.1 Å². The molecule has 2 aliphatic rings. The molecule has 1 aliphatic heterocycles. The van der Waals surface area contributed by atoms with Crippen molar-refractivity contribution in [1.82, 2.24) is 5.32 Å². The van der Waals surface area contributed by atoms with Gasteiger partial charge in [0.15, 0.2) is 0 Å². The molecule has 2 aromatic rings. The maximum Gasteiger partial charge on any atom is 0.224 e. The average Bonchev–Trinajstić information content (AvgIpc) is 2.69. The standard InChI is InChI=1S/C23H25BrClNO2/c24-17-5-3-4-16(13-17)22-14-20(19-6-1-2-7-21(19)28-22)26-23(27)12-15-8-10-18(25)11-9-15/h3-5,8-11,13,19-22H,1-2,6-7,12,14H2,(H,26,27)/t19-,20+,21+,22+/m1/s1. The van der Waals surface area contributed by atoms with Crippen molar-refractivity contribution >= 4 is 33.4 Å². The maximum absolute atomic E-state index is 12.7. The molecule has 1 saturated heterocycles. The third-order valence-electron chi connectivity index (χ3n) is 5.92. The van der Waals surface area contributed by atoms with Gasteiger partial charge < -0.3 is 10.1 Å². The molecule has 0 aromatic heterocycles. The minimum absolute atomic E-state index is 0.0256. The molecule has 0 bridgehead atoms. The van der Waals surface area contributed by atoms with Crippen molar-refractivity contribution < 1.29 is 9.53 Å². The maximum atomic E-state index is 12.7. The Bertz CT molecular complexity index is 826. The molecular weight excluding hydrogens is 438 g/mol. The predicted molar refractivity (Wildman–Crippen MR) is 115 cm³/mol. The van der Waals surface area contributed by atoms with Crippen LogP contribution in [-0.2, 0) is 16.0 Å². The van der Waals surface area contributed by atoms with Crippen LogP contribution in [0.1, 0.15) is 49.3 Å². The lowest BCUT2D eigenvalue weighted by Gasteiger charge is -2.45. The van der Waals surface area contributed by atoms with Crippen LogP contribution in [0.2, 0.25) is 5.02 Å². The van der Waals surface area contributed by atoms with Crippen molar-refractivity contribution in [3.8, 4) is 0 Å². The number of amides is 1. The molecule has 4 rings (SSSR count). The Balaban J connectivity index is 1.48. The summed E-state index contributed by atoms with van der Waals surface area (Å²) in [5.41, 5.74) is 2.16. The largest absolute Gasteiger partial charge is 0.370 e. The van der Waals surface area contributed by atoms with Gasteiger partial charge in [-0.1, -0.05) is 64.6 Å². The summed E-state index contributed by atoms with van der Waals surface area (Å²) in [6.07, 6.45) is 6.09. The van der Waals surface area contributed by atoms with Crippen LogP contribution in [0.5, 0.6) is 0 Å². The summed E-state index contributed by atoms with van der Waals surface area (Å²) in [6, 6.07) is 16.0. The van der Waals surface area contributed by atoms with Crippen molar-refractivity contribution in [2.24, 2.45) is 5.92 Å². The molecule has 2 fully saturated rings. The van der Waals surface area contributed by atoms with E-state index in [1.165, 1.54) is 18.4 Å². The Morgan fingerprint density at radius 2 is 1.93 bits per heavy atom. The van der Waals surface area contributed by atoms with E-state index in [4.69, 9.17) is 16.3 Å². The van der Waals surface area contributed by atoms with Gasteiger partial charge in [0.25, 0.3) is 0 Å². The van der Waals surface area contributed by atoms with Gasteiger partial charge in [-0.25, -0.2) is 0 Å². The van der Waals surface area contributed by atoms with Gasteiger partial charge in [0.1, 0.15) is 0 Å². The van der Waals surface area contributed by atoms with Gasteiger partial charge in [0, 0.05) is 21.5 Å². The summed E-state index contributed by atoms with van der Waals surface area (Å²) >= 11 is 9.51. The number of nitrogens with one attached hydrogen (secondary N) is 1. The zero-order chi connectivity index (χ0) is 19.5. The average molecular weight is 463 g/mol. The second kappa shape index (κ2) is 8.98. The number of hydrogen-bond donors (Lipinski definition) is 1. The summed E-state index contributed by atoms with van der Waals surface area (Å²) in [7, 11) is 0. The first-order valence-corrected chi connectivity index (χ1v) is 11.2. The van der Waals surface area contributed by atoms with E-state index >= 15 is 0 Å². The van der Waals surface area contributed by atoms with Gasteiger partial charge in [0.05, 0.1) is 18.6 Å². The number of carbonyl (C=O) groups excluding carboxylic acids is 1. The fourth-order valence-corrected chi connectivity index (χ4v) is 5.10. The van der Waals surface area contributed by atoms with E-state index in [9.17, 15) is 4.79 Å². The van der Waals surface area contributed by atoms with Crippen LogP contribution in [0, 0.1) is 5.92 Å². The molecule has 148 valence electrons. The zero-order valence-electron chi connectivity index (χ0n) is 15.7. The van der Waals surface area contributed by atoms with E-state index < -0.39 is 0 Å². The molecule has 4 atom stereocenters. The first-order valence-electron chi connectivity index (χ1n) is 10.0. The first-order chi connectivity index (χ1) is 13.6. The highest BCUT2D eigenvalue weighted by Crippen LogP contribution is 2.41. The number of carbonyl (C=O) groups is 1. The molecule has 1 aliphatic carbocycles. The molecule has 1 amide bonds. The summed E-state index contributed by atoms with van der Waals surface area (Å²) in [5.74, 6) is 0.484. The number of ether oxygens (including phenoxy) is 1. The van der Waals surface area contributed by atoms with E-state index in [2.05, 4.69) is 33.4 Å². The zero-order valence-corrected chi connectivity index (χ0v) is 18.1. The van der Waals surface area contributed by atoms with Gasteiger partial charge in [-0.15, -0.1) is 0 Å². The fraction of sp³-hybridized carbons (Fsp3) is 0.435. The molecule has 0 unspecified atom stereocenters. The highest BCUT2D eigenvalue weighted by molar-refractivity contribution is 9.10. The predicted octanol–water partition coefficient (Wildman–Crippen LogP) is 5.85. The Morgan fingerprint density at radius 3 is 2.71 bits per heavy atom. The number of hydrogen-bond acceptors (Lipinski definition) is 2. The Kier molecular flexibility index (Phi) is 6.39. The van der Waals surface area contributed by atoms with Crippen LogP contribution < -0.4 is 5.32 Å². The second-order valence-corrected chi connectivity index (χ2v) is 9.23. The Morgan fingerprint density at radius 1 is 1.14 bits per heavy atom. The molecule has 0 spiro atoms. The molecule has 1 heterocycles. The van der Waals surface area contributed by atoms with Gasteiger partial charge in [-0.05, 0) is 54.7 Å². The third-order valence-corrected chi connectivity index (χ3v) is 6.67. The number of rotatable bonds is 4. The lowest BCUT2D eigenvalue weighted by molar-refractivity contribution is -0.132. The second-order valence-electron chi connectivity index (χ2n) is 7.88. The number of halogens is 2. The van der Waals surface area contributed by atoms with Gasteiger partial charge in [-0.2, -0.15) is 0 Å².